The lowest BCUT2D eigenvalue weighted by atomic mass is 10.1. The molecule has 1 heterocycles. The molecular weight excluding hydrogens is 422 g/mol. The summed E-state index contributed by atoms with van der Waals surface area (Å²) >= 11 is 1.62. The molecule has 0 atom stereocenters. The molecule has 0 saturated heterocycles. The van der Waals surface area contributed by atoms with Gasteiger partial charge in [-0.15, -0.1) is 11.8 Å². The van der Waals surface area contributed by atoms with Crippen LogP contribution in [-0.4, -0.2) is 27.0 Å². The Morgan fingerprint density at radius 1 is 0.906 bits per heavy atom. The van der Waals surface area contributed by atoms with Crippen LogP contribution in [-0.2, 0) is 5.75 Å². The summed E-state index contributed by atoms with van der Waals surface area (Å²) in [6.07, 6.45) is 0. The van der Waals surface area contributed by atoms with Crippen molar-refractivity contribution in [2.75, 3.05) is 10.6 Å². The standard InChI is InChI=1S/C24H21N5O2S/c1-16(30)18-8-5-9-20(14-18)26-24(31)25-19-10-12-21(13-11-19)32-15-22-27-23(29-28-22)17-6-3-2-4-7-17/h2-14H,15H2,1H3,(H2,25,26,31)(H,27,28,29). The Bertz CT molecular complexity index is 1220. The molecule has 0 aliphatic rings. The summed E-state index contributed by atoms with van der Waals surface area (Å²) in [6.45, 7) is 1.49. The molecule has 2 amide bonds. The van der Waals surface area contributed by atoms with E-state index in [1.54, 1.807) is 36.0 Å². The van der Waals surface area contributed by atoms with E-state index in [1.165, 1.54) is 6.92 Å². The molecule has 4 aromatic rings. The van der Waals surface area contributed by atoms with Crippen molar-refractivity contribution in [3.8, 4) is 11.4 Å². The predicted octanol–water partition coefficient (Wildman–Crippen LogP) is 5.61. The Labute approximate surface area is 189 Å². The molecule has 0 unspecified atom stereocenters. The first-order chi connectivity index (χ1) is 15.6. The van der Waals surface area contributed by atoms with E-state index in [4.69, 9.17) is 0 Å². The Kier molecular flexibility index (Phi) is 6.62. The summed E-state index contributed by atoms with van der Waals surface area (Å²) in [5.74, 6) is 2.08. The molecule has 1 aromatic heterocycles. The molecule has 3 N–H and O–H groups in total. The van der Waals surface area contributed by atoms with E-state index in [0.717, 1.165) is 16.3 Å². The van der Waals surface area contributed by atoms with Crippen LogP contribution in [0.3, 0.4) is 0 Å². The molecule has 0 bridgehead atoms. The molecule has 0 radical (unpaired) electrons. The number of urea groups is 1. The average molecular weight is 444 g/mol. The summed E-state index contributed by atoms with van der Waals surface area (Å²) in [6, 6.07) is 23.8. The first kappa shape index (κ1) is 21.3. The number of nitrogens with zero attached hydrogens (tertiary/aromatic N) is 2. The highest BCUT2D eigenvalue weighted by Gasteiger charge is 2.08. The summed E-state index contributed by atoms with van der Waals surface area (Å²) < 4.78 is 0. The van der Waals surface area contributed by atoms with Crippen LogP contribution in [0.15, 0.2) is 83.8 Å². The molecule has 7 nitrogen and oxygen atoms in total. The zero-order valence-corrected chi connectivity index (χ0v) is 18.1. The van der Waals surface area contributed by atoms with Crippen molar-refractivity contribution >= 4 is 35.0 Å². The maximum Gasteiger partial charge on any atom is 0.323 e. The van der Waals surface area contributed by atoms with Gasteiger partial charge in [-0.25, -0.2) is 9.78 Å². The van der Waals surface area contributed by atoms with Gasteiger partial charge in [-0.1, -0.05) is 42.5 Å². The minimum Gasteiger partial charge on any atom is -0.308 e. The molecular formula is C24H21N5O2S. The lowest BCUT2D eigenvalue weighted by molar-refractivity contribution is 0.101. The number of amides is 2. The molecule has 3 aromatic carbocycles. The van der Waals surface area contributed by atoms with Gasteiger partial charge in [-0.3, -0.25) is 9.89 Å². The topological polar surface area (TPSA) is 99.8 Å². The van der Waals surface area contributed by atoms with E-state index in [0.29, 0.717) is 28.5 Å². The highest BCUT2D eigenvalue weighted by molar-refractivity contribution is 7.98. The minimum atomic E-state index is -0.374. The zero-order chi connectivity index (χ0) is 22.3. The van der Waals surface area contributed by atoms with Crippen LogP contribution in [0.4, 0.5) is 16.2 Å². The number of rotatable bonds is 7. The Morgan fingerprint density at radius 3 is 2.41 bits per heavy atom. The van der Waals surface area contributed by atoms with Gasteiger partial charge in [0.05, 0.1) is 5.75 Å². The molecule has 4 rings (SSSR count). The number of hydrogen-bond acceptors (Lipinski definition) is 5. The van der Waals surface area contributed by atoms with E-state index in [-0.39, 0.29) is 11.8 Å². The smallest absolute Gasteiger partial charge is 0.308 e. The Hall–Kier alpha value is -3.91. The SMILES string of the molecule is CC(=O)c1cccc(NC(=O)Nc2ccc(SCc3nc(-c4ccccc4)n[nH]3)cc2)c1. The van der Waals surface area contributed by atoms with Crippen LogP contribution in [0.2, 0.25) is 0 Å². The highest BCUT2D eigenvalue weighted by atomic mass is 32.2. The summed E-state index contributed by atoms with van der Waals surface area (Å²) in [5.41, 5.74) is 2.75. The van der Waals surface area contributed by atoms with Crippen molar-refractivity contribution in [1.82, 2.24) is 15.2 Å². The van der Waals surface area contributed by atoms with Gasteiger partial charge < -0.3 is 10.6 Å². The van der Waals surface area contributed by atoms with Crippen molar-refractivity contribution in [1.29, 1.82) is 0 Å². The quantitative estimate of drug-likeness (QED) is 0.255. The largest absolute Gasteiger partial charge is 0.323 e. The number of benzene rings is 3. The number of hydrogen-bond donors (Lipinski definition) is 3. The highest BCUT2D eigenvalue weighted by Crippen LogP contribution is 2.24. The van der Waals surface area contributed by atoms with Crippen LogP contribution in [0, 0.1) is 0 Å². The summed E-state index contributed by atoms with van der Waals surface area (Å²) in [4.78, 5) is 29.3. The number of thioether (sulfide) groups is 1. The van der Waals surface area contributed by atoms with E-state index in [1.807, 2.05) is 54.6 Å². The number of aromatic nitrogens is 3. The first-order valence-corrected chi connectivity index (χ1v) is 10.9. The van der Waals surface area contributed by atoms with Crippen LogP contribution in [0.25, 0.3) is 11.4 Å². The third-order valence-electron chi connectivity index (χ3n) is 4.58. The molecule has 0 fully saturated rings. The van der Waals surface area contributed by atoms with E-state index >= 15 is 0 Å². The van der Waals surface area contributed by atoms with Crippen molar-refractivity contribution in [2.45, 2.75) is 17.6 Å². The number of anilines is 2. The summed E-state index contributed by atoms with van der Waals surface area (Å²) in [5, 5.41) is 12.8. The normalized spacial score (nSPS) is 10.5. The van der Waals surface area contributed by atoms with E-state index < -0.39 is 0 Å². The molecule has 8 heteroatoms. The van der Waals surface area contributed by atoms with Crippen molar-refractivity contribution in [2.24, 2.45) is 0 Å². The van der Waals surface area contributed by atoms with Crippen LogP contribution in [0.1, 0.15) is 23.1 Å². The monoisotopic (exact) mass is 443 g/mol. The molecule has 0 aliphatic heterocycles. The fourth-order valence-electron chi connectivity index (χ4n) is 2.97. The molecule has 0 saturated carbocycles. The number of carbonyl (C=O) groups is 2. The van der Waals surface area contributed by atoms with Gasteiger partial charge in [0.2, 0.25) is 0 Å². The third-order valence-corrected chi connectivity index (χ3v) is 5.60. The maximum absolute atomic E-state index is 12.2. The summed E-state index contributed by atoms with van der Waals surface area (Å²) in [7, 11) is 0. The first-order valence-electron chi connectivity index (χ1n) is 9.95. The van der Waals surface area contributed by atoms with Crippen LogP contribution in [0.5, 0.6) is 0 Å². The number of nitrogens with one attached hydrogen (secondary N) is 3. The van der Waals surface area contributed by atoms with Gasteiger partial charge in [-0.2, -0.15) is 5.10 Å². The number of ketones is 1. The number of H-pyrrole nitrogens is 1. The number of carbonyl (C=O) groups excluding carboxylic acids is 2. The fraction of sp³-hybridized carbons (Fsp3) is 0.0833. The Balaban J connectivity index is 1.30. The molecule has 0 aliphatic carbocycles. The van der Waals surface area contributed by atoms with Gasteiger partial charge in [0.1, 0.15) is 5.82 Å². The second-order valence-corrected chi connectivity index (χ2v) is 8.05. The second-order valence-electron chi connectivity index (χ2n) is 7.00. The van der Waals surface area contributed by atoms with E-state index in [2.05, 4.69) is 25.8 Å². The maximum atomic E-state index is 12.2. The zero-order valence-electron chi connectivity index (χ0n) is 17.3. The lowest BCUT2D eigenvalue weighted by Crippen LogP contribution is -2.19. The van der Waals surface area contributed by atoms with Gasteiger partial charge in [0, 0.05) is 27.4 Å². The molecule has 0 spiro atoms. The van der Waals surface area contributed by atoms with Crippen molar-refractivity contribution < 1.29 is 9.59 Å². The van der Waals surface area contributed by atoms with Crippen molar-refractivity contribution in [3.63, 3.8) is 0 Å². The number of Topliss-reactive ketones (excluding diaryl/α,β-unsaturated/α-hetero) is 1. The predicted molar refractivity (Wildman–Crippen MR) is 127 cm³/mol. The Morgan fingerprint density at radius 2 is 1.66 bits per heavy atom. The minimum absolute atomic E-state index is 0.0521. The van der Waals surface area contributed by atoms with Crippen LogP contribution >= 0.6 is 11.8 Å². The van der Waals surface area contributed by atoms with Gasteiger partial charge in [0.15, 0.2) is 11.6 Å². The second kappa shape index (κ2) is 9.93. The van der Waals surface area contributed by atoms with Gasteiger partial charge >= 0.3 is 6.03 Å². The van der Waals surface area contributed by atoms with Gasteiger partial charge in [0.25, 0.3) is 0 Å². The number of aromatic amines is 1. The third kappa shape index (κ3) is 5.61. The average Bonchev–Trinajstić information content (AvgIpc) is 3.28. The fourth-order valence-corrected chi connectivity index (χ4v) is 3.73. The molecule has 32 heavy (non-hydrogen) atoms. The van der Waals surface area contributed by atoms with Crippen molar-refractivity contribution in [3.05, 3.63) is 90.3 Å². The van der Waals surface area contributed by atoms with Gasteiger partial charge in [-0.05, 0) is 43.3 Å². The molecule has 160 valence electrons. The lowest BCUT2D eigenvalue weighted by Gasteiger charge is -2.09. The van der Waals surface area contributed by atoms with Crippen LogP contribution < -0.4 is 10.6 Å². The van der Waals surface area contributed by atoms with E-state index in [9.17, 15) is 9.59 Å².